The fourth-order valence-corrected chi connectivity index (χ4v) is 0.727. The predicted octanol–water partition coefficient (Wildman–Crippen LogP) is -0.262. The van der Waals surface area contributed by atoms with Gasteiger partial charge in [0.2, 0.25) is 0 Å². The third-order valence-corrected chi connectivity index (χ3v) is 1.45. The number of hydrogen-bond acceptors (Lipinski definition) is 4. The lowest BCUT2D eigenvalue weighted by molar-refractivity contribution is -0.138. The van der Waals surface area contributed by atoms with Crippen LogP contribution in [0, 0.1) is 5.92 Å². The second kappa shape index (κ2) is 10.4. The summed E-state index contributed by atoms with van der Waals surface area (Å²) < 4.78 is 0. The number of rotatable bonds is 5. The first-order chi connectivity index (χ1) is 6.45. The van der Waals surface area contributed by atoms with Crippen molar-refractivity contribution in [2.24, 2.45) is 23.1 Å². The number of carboxylic acid groups (broad SMARTS) is 1. The Morgan fingerprint density at radius 3 is 1.79 bits per heavy atom. The number of nitrogens with two attached hydrogens (primary N) is 3. The maximum Gasteiger partial charge on any atom is 0.320 e. The molecule has 0 fully saturated rings. The van der Waals surface area contributed by atoms with E-state index in [1.165, 1.54) is 0 Å². The van der Waals surface area contributed by atoms with Gasteiger partial charge in [0.15, 0.2) is 0 Å². The van der Waals surface area contributed by atoms with Crippen molar-refractivity contribution >= 4 is 5.97 Å². The summed E-state index contributed by atoms with van der Waals surface area (Å²) in [4.78, 5) is 10.1. The maximum absolute atomic E-state index is 10.1. The smallest absolute Gasteiger partial charge is 0.320 e. The van der Waals surface area contributed by atoms with Gasteiger partial charge in [-0.1, -0.05) is 13.8 Å². The van der Waals surface area contributed by atoms with Gasteiger partial charge in [-0.25, -0.2) is 0 Å². The minimum Gasteiger partial charge on any atom is -0.480 e. The van der Waals surface area contributed by atoms with Crippen LogP contribution in [0.25, 0.3) is 0 Å². The molecular weight excluding hydrogens is 182 g/mol. The molecule has 0 saturated heterocycles. The van der Waals surface area contributed by atoms with E-state index in [4.69, 9.17) is 22.3 Å². The summed E-state index contributed by atoms with van der Waals surface area (Å²) in [5, 5.41) is 8.31. The molecule has 0 aromatic heterocycles. The van der Waals surface area contributed by atoms with Crippen LogP contribution in [0.15, 0.2) is 0 Å². The standard InChI is InChI=1S/C6H13NO2.C3H10N2/c1-4(2)3-5(7)6(8)9;4-2-1-3-5/h4-5H,3,7H2,1-2H3,(H,8,9);1-5H2/t5-;/m0./s1. The Kier molecular flexibility index (Phi) is 11.8. The van der Waals surface area contributed by atoms with Crippen LogP contribution in [0.3, 0.4) is 0 Å². The molecule has 0 unspecified atom stereocenters. The third kappa shape index (κ3) is 13.9. The molecule has 0 aliphatic rings. The number of hydrogen-bond donors (Lipinski definition) is 4. The SMILES string of the molecule is CC(C)C[C@H](N)C(=O)O.NCCCN. The fraction of sp³-hybridized carbons (Fsp3) is 0.889. The van der Waals surface area contributed by atoms with Gasteiger partial charge in [0.25, 0.3) is 0 Å². The minimum absolute atomic E-state index is 0.357. The minimum atomic E-state index is -0.913. The second-order valence-electron chi connectivity index (χ2n) is 3.51. The van der Waals surface area contributed by atoms with Crippen LogP contribution < -0.4 is 17.2 Å². The molecule has 0 heterocycles. The number of carbonyl (C=O) groups is 1. The van der Waals surface area contributed by atoms with Crippen LogP contribution in [-0.4, -0.2) is 30.2 Å². The van der Waals surface area contributed by atoms with E-state index in [0.717, 1.165) is 19.5 Å². The molecule has 0 spiro atoms. The summed E-state index contributed by atoms with van der Waals surface area (Å²) >= 11 is 0. The Balaban J connectivity index is 0. The van der Waals surface area contributed by atoms with Crippen molar-refractivity contribution in [3.8, 4) is 0 Å². The highest BCUT2D eigenvalue weighted by Crippen LogP contribution is 2.01. The topological polar surface area (TPSA) is 115 Å². The summed E-state index contributed by atoms with van der Waals surface area (Å²) in [6.07, 6.45) is 1.50. The molecule has 0 bridgehead atoms. The van der Waals surface area contributed by atoms with Crippen molar-refractivity contribution in [1.29, 1.82) is 0 Å². The van der Waals surface area contributed by atoms with Crippen molar-refractivity contribution in [2.75, 3.05) is 13.1 Å². The number of carboxylic acids is 1. The maximum atomic E-state index is 10.1. The molecular formula is C9H23N3O2. The van der Waals surface area contributed by atoms with Crippen LogP contribution in [0.1, 0.15) is 26.7 Å². The Labute approximate surface area is 85.6 Å². The van der Waals surface area contributed by atoms with Gasteiger partial charge in [-0.3, -0.25) is 4.79 Å². The van der Waals surface area contributed by atoms with Gasteiger partial charge < -0.3 is 22.3 Å². The zero-order chi connectivity index (χ0) is 11.6. The molecule has 14 heavy (non-hydrogen) atoms. The zero-order valence-corrected chi connectivity index (χ0v) is 9.07. The average molecular weight is 205 g/mol. The van der Waals surface area contributed by atoms with E-state index < -0.39 is 12.0 Å². The van der Waals surface area contributed by atoms with Gasteiger partial charge in [-0.05, 0) is 31.8 Å². The monoisotopic (exact) mass is 205 g/mol. The Morgan fingerprint density at radius 1 is 1.29 bits per heavy atom. The highest BCUT2D eigenvalue weighted by Gasteiger charge is 2.11. The Bertz CT molecular complexity index is 138. The van der Waals surface area contributed by atoms with Gasteiger partial charge in [-0.2, -0.15) is 0 Å². The molecule has 1 atom stereocenters. The second-order valence-corrected chi connectivity index (χ2v) is 3.51. The van der Waals surface area contributed by atoms with Crippen molar-refractivity contribution in [3.05, 3.63) is 0 Å². The van der Waals surface area contributed by atoms with E-state index in [1.54, 1.807) is 0 Å². The molecule has 0 radical (unpaired) electrons. The van der Waals surface area contributed by atoms with Crippen molar-refractivity contribution in [2.45, 2.75) is 32.7 Å². The lowest BCUT2D eigenvalue weighted by Crippen LogP contribution is -2.31. The molecule has 5 nitrogen and oxygen atoms in total. The Hall–Kier alpha value is -0.650. The number of aliphatic carboxylic acids is 1. The molecule has 0 aromatic rings. The highest BCUT2D eigenvalue weighted by atomic mass is 16.4. The van der Waals surface area contributed by atoms with Crippen LogP contribution >= 0.6 is 0 Å². The van der Waals surface area contributed by atoms with E-state index in [-0.39, 0.29) is 0 Å². The first kappa shape index (κ1) is 15.8. The van der Waals surface area contributed by atoms with Crippen LogP contribution in [-0.2, 0) is 4.79 Å². The lowest BCUT2D eigenvalue weighted by atomic mass is 10.1. The van der Waals surface area contributed by atoms with Crippen LogP contribution in [0.5, 0.6) is 0 Å². The molecule has 0 saturated carbocycles. The Morgan fingerprint density at radius 2 is 1.71 bits per heavy atom. The van der Waals surface area contributed by atoms with Gasteiger partial charge in [0.1, 0.15) is 6.04 Å². The largest absolute Gasteiger partial charge is 0.480 e. The average Bonchev–Trinajstić information content (AvgIpc) is 2.05. The van der Waals surface area contributed by atoms with Gasteiger partial charge >= 0.3 is 5.97 Å². The molecule has 0 amide bonds. The summed E-state index contributed by atoms with van der Waals surface area (Å²) in [5.41, 5.74) is 15.3. The third-order valence-electron chi connectivity index (χ3n) is 1.45. The van der Waals surface area contributed by atoms with Gasteiger partial charge in [-0.15, -0.1) is 0 Å². The van der Waals surface area contributed by atoms with Gasteiger partial charge in [0.05, 0.1) is 0 Å². The van der Waals surface area contributed by atoms with Crippen molar-refractivity contribution in [3.63, 3.8) is 0 Å². The van der Waals surface area contributed by atoms with Crippen LogP contribution in [0.2, 0.25) is 0 Å². The first-order valence-electron chi connectivity index (χ1n) is 4.84. The molecule has 0 aliphatic carbocycles. The summed E-state index contributed by atoms with van der Waals surface area (Å²) in [6.45, 7) is 5.33. The fourth-order valence-electron chi connectivity index (χ4n) is 0.727. The quantitative estimate of drug-likeness (QED) is 0.493. The van der Waals surface area contributed by atoms with E-state index in [1.807, 2.05) is 13.8 Å². The molecule has 5 heteroatoms. The van der Waals surface area contributed by atoms with Crippen molar-refractivity contribution < 1.29 is 9.90 Å². The molecule has 7 N–H and O–H groups in total. The molecule has 86 valence electrons. The highest BCUT2D eigenvalue weighted by molar-refractivity contribution is 5.72. The van der Waals surface area contributed by atoms with E-state index in [2.05, 4.69) is 0 Å². The summed E-state index contributed by atoms with van der Waals surface area (Å²) in [5.74, 6) is -0.556. The summed E-state index contributed by atoms with van der Waals surface area (Å²) in [7, 11) is 0. The molecule has 0 aromatic carbocycles. The van der Waals surface area contributed by atoms with Crippen LogP contribution in [0.4, 0.5) is 0 Å². The summed E-state index contributed by atoms with van der Waals surface area (Å²) in [6, 6.07) is -0.690. The first-order valence-corrected chi connectivity index (χ1v) is 4.84. The molecule has 0 aliphatic heterocycles. The van der Waals surface area contributed by atoms with Gasteiger partial charge in [0, 0.05) is 0 Å². The van der Waals surface area contributed by atoms with E-state index in [0.29, 0.717) is 12.3 Å². The van der Waals surface area contributed by atoms with E-state index >= 15 is 0 Å². The van der Waals surface area contributed by atoms with E-state index in [9.17, 15) is 4.79 Å². The molecule has 0 rings (SSSR count). The predicted molar refractivity (Wildman–Crippen MR) is 57.8 cm³/mol. The lowest BCUT2D eigenvalue weighted by Gasteiger charge is -2.07. The van der Waals surface area contributed by atoms with Crippen molar-refractivity contribution in [1.82, 2.24) is 0 Å². The zero-order valence-electron chi connectivity index (χ0n) is 9.07. The normalized spacial score (nSPS) is 11.9.